The minimum absolute atomic E-state index is 0.0506. The van der Waals surface area contributed by atoms with E-state index in [-0.39, 0.29) is 26.4 Å². The van der Waals surface area contributed by atoms with Gasteiger partial charge in [0, 0.05) is 28.9 Å². The summed E-state index contributed by atoms with van der Waals surface area (Å²) in [6, 6.07) is 12.2. The van der Waals surface area contributed by atoms with Gasteiger partial charge in [0.05, 0.1) is 0 Å². The van der Waals surface area contributed by atoms with Gasteiger partial charge >= 0.3 is 17.9 Å². The van der Waals surface area contributed by atoms with Crippen molar-refractivity contribution < 1.29 is 38.1 Å². The van der Waals surface area contributed by atoms with Crippen molar-refractivity contribution >= 4 is 17.9 Å². The predicted molar refractivity (Wildman–Crippen MR) is 135 cm³/mol. The van der Waals surface area contributed by atoms with Gasteiger partial charge in [-0.15, -0.1) is 0 Å². The summed E-state index contributed by atoms with van der Waals surface area (Å²) < 4.78 is 26.8. The first kappa shape index (κ1) is 27.9. The maximum Gasteiger partial charge on any atom is 0.335 e. The van der Waals surface area contributed by atoms with E-state index in [2.05, 4.69) is 13.2 Å². The zero-order chi connectivity index (χ0) is 26.5. The van der Waals surface area contributed by atoms with Crippen molar-refractivity contribution in [3.05, 3.63) is 78.9 Å². The van der Waals surface area contributed by atoms with Gasteiger partial charge in [-0.3, -0.25) is 0 Å². The standard InChI is InChI=1S/C28H30O8/c1-6-7-26(29)36-25-18-23(33-15-17-35-28(31)20(4)5)12-13-24(25)21-8-10-22(11-9-21)32-14-16-34-27(30)19(2)3/h6-13,18H,2,4,14-17H2,1,3,5H3/b7-6+. The van der Waals surface area contributed by atoms with E-state index in [9.17, 15) is 14.4 Å². The Morgan fingerprint density at radius 1 is 0.778 bits per heavy atom. The summed E-state index contributed by atoms with van der Waals surface area (Å²) in [5.41, 5.74) is 2.07. The normalized spacial score (nSPS) is 10.4. The Kier molecular flexibility index (Phi) is 11.0. The van der Waals surface area contributed by atoms with Crippen molar-refractivity contribution in [2.75, 3.05) is 26.4 Å². The van der Waals surface area contributed by atoms with E-state index in [4.69, 9.17) is 23.7 Å². The minimum Gasteiger partial charge on any atom is -0.490 e. The Bertz CT molecular complexity index is 1130. The van der Waals surface area contributed by atoms with Crippen LogP contribution in [0.3, 0.4) is 0 Å². The number of rotatable bonds is 13. The Labute approximate surface area is 210 Å². The molecule has 0 fully saturated rings. The van der Waals surface area contributed by atoms with Crippen LogP contribution in [0.1, 0.15) is 20.8 Å². The first-order valence-electron chi connectivity index (χ1n) is 11.2. The average Bonchev–Trinajstić information content (AvgIpc) is 2.84. The van der Waals surface area contributed by atoms with Crippen LogP contribution in [0, 0.1) is 0 Å². The van der Waals surface area contributed by atoms with Crippen LogP contribution >= 0.6 is 0 Å². The van der Waals surface area contributed by atoms with Gasteiger partial charge in [0.25, 0.3) is 0 Å². The van der Waals surface area contributed by atoms with E-state index in [1.165, 1.54) is 6.08 Å². The molecule has 0 aliphatic carbocycles. The highest BCUT2D eigenvalue weighted by molar-refractivity contribution is 5.87. The van der Waals surface area contributed by atoms with Crippen molar-refractivity contribution in [3.63, 3.8) is 0 Å². The van der Waals surface area contributed by atoms with Gasteiger partial charge in [0.1, 0.15) is 43.7 Å². The van der Waals surface area contributed by atoms with Crippen LogP contribution in [0.4, 0.5) is 0 Å². The van der Waals surface area contributed by atoms with Crippen molar-refractivity contribution in [2.45, 2.75) is 20.8 Å². The summed E-state index contributed by atoms with van der Waals surface area (Å²) in [5.74, 6) is -0.158. The second-order valence-corrected chi connectivity index (χ2v) is 7.63. The Morgan fingerprint density at radius 3 is 1.83 bits per heavy atom. The van der Waals surface area contributed by atoms with Crippen LogP contribution in [0.5, 0.6) is 17.2 Å². The lowest BCUT2D eigenvalue weighted by atomic mass is 10.0. The third kappa shape index (κ3) is 9.13. The number of esters is 3. The van der Waals surface area contributed by atoms with Crippen LogP contribution in [-0.2, 0) is 23.9 Å². The highest BCUT2D eigenvalue weighted by atomic mass is 16.6. The fraction of sp³-hybridized carbons (Fsp3) is 0.250. The van der Waals surface area contributed by atoms with Crippen molar-refractivity contribution in [1.29, 1.82) is 0 Å². The van der Waals surface area contributed by atoms with E-state index in [1.807, 2.05) is 12.1 Å². The molecule has 0 heterocycles. The summed E-state index contributed by atoms with van der Waals surface area (Å²) in [6.07, 6.45) is 2.89. The van der Waals surface area contributed by atoms with Gasteiger partial charge in [-0.25, -0.2) is 14.4 Å². The molecule has 0 aliphatic heterocycles. The largest absolute Gasteiger partial charge is 0.490 e. The first-order chi connectivity index (χ1) is 17.2. The molecule has 2 rings (SSSR count). The molecule has 8 heteroatoms. The molecule has 0 unspecified atom stereocenters. The third-order valence-electron chi connectivity index (χ3n) is 4.50. The zero-order valence-electron chi connectivity index (χ0n) is 20.7. The molecule has 0 saturated heterocycles. The second kappa shape index (κ2) is 14.2. The summed E-state index contributed by atoms with van der Waals surface area (Å²) in [5, 5.41) is 0. The van der Waals surface area contributed by atoms with E-state index in [0.717, 1.165) is 5.56 Å². The summed E-state index contributed by atoms with van der Waals surface area (Å²) in [7, 11) is 0. The maximum absolute atomic E-state index is 12.1. The lowest BCUT2D eigenvalue weighted by Gasteiger charge is -2.13. The number of hydrogen-bond acceptors (Lipinski definition) is 8. The van der Waals surface area contributed by atoms with Crippen molar-refractivity contribution in [2.24, 2.45) is 0 Å². The molecule has 36 heavy (non-hydrogen) atoms. The van der Waals surface area contributed by atoms with Crippen LogP contribution in [0.15, 0.2) is 78.9 Å². The molecule has 2 aromatic rings. The SMILES string of the molecule is C=C(C)C(=O)OCCOc1ccc(-c2ccc(OCCOC(=O)C(=C)C)cc2OC(=O)/C=C/C)cc1. The summed E-state index contributed by atoms with van der Waals surface area (Å²) in [6.45, 7) is 12.4. The van der Waals surface area contributed by atoms with Crippen molar-refractivity contribution in [3.8, 4) is 28.4 Å². The van der Waals surface area contributed by atoms with E-state index < -0.39 is 17.9 Å². The Balaban J connectivity index is 2.09. The Hall–Kier alpha value is -4.33. The second-order valence-electron chi connectivity index (χ2n) is 7.63. The molecular weight excluding hydrogens is 464 g/mol. The smallest absolute Gasteiger partial charge is 0.335 e. The third-order valence-corrected chi connectivity index (χ3v) is 4.50. The molecule has 0 radical (unpaired) electrons. The number of carbonyl (C=O) groups is 3. The molecular formula is C28H30O8. The maximum atomic E-state index is 12.1. The van der Waals surface area contributed by atoms with Gasteiger partial charge in [-0.1, -0.05) is 31.4 Å². The van der Waals surface area contributed by atoms with Crippen LogP contribution < -0.4 is 14.2 Å². The number of benzene rings is 2. The molecule has 0 atom stereocenters. The van der Waals surface area contributed by atoms with Crippen molar-refractivity contribution in [1.82, 2.24) is 0 Å². The van der Waals surface area contributed by atoms with Crippen LogP contribution in [0.25, 0.3) is 11.1 Å². The molecule has 2 aromatic carbocycles. The predicted octanol–water partition coefficient (Wildman–Crippen LogP) is 4.83. The van der Waals surface area contributed by atoms with Gasteiger partial charge in [-0.05, 0) is 50.6 Å². The van der Waals surface area contributed by atoms with E-state index in [0.29, 0.717) is 34.0 Å². The molecule has 0 amide bonds. The lowest BCUT2D eigenvalue weighted by molar-refractivity contribution is -0.140. The Morgan fingerprint density at radius 2 is 1.31 bits per heavy atom. The number of carbonyl (C=O) groups excluding carboxylic acids is 3. The quantitative estimate of drug-likeness (QED) is 0.169. The van der Waals surface area contributed by atoms with Gasteiger partial charge < -0.3 is 23.7 Å². The number of hydrogen-bond donors (Lipinski definition) is 0. The topological polar surface area (TPSA) is 97.4 Å². The number of allylic oxidation sites excluding steroid dienone is 1. The van der Waals surface area contributed by atoms with E-state index >= 15 is 0 Å². The fourth-order valence-electron chi connectivity index (χ4n) is 2.76. The minimum atomic E-state index is -0.532. The lowest BCUT2D eigenvalue weighted by Crippen LogP contribution is -2.12. The first-order valence-corrected chi connectivity index (χ1v) is 11.2. The molecule has 8 nitrogen and oxygen atoms in total. The monoisotopic (exact) mass is 494 g/mol. The van der Waals surface area contributed by atoms with Gasteiger partial charge in [-0.2, -0.15) is 0 Å². The van der Waals surface area contributed by atoms with Crippen LogP contribution in [-0.4, -0.2) is 44.3 Å². The fourth-order valence-corrected chi connectivity index (χ4v) is 2.76. The average molecular weight is 495 g/mol. The summed E-state index contributed by atoms with van der Waals surface area (Å²) in [4.78, 5) is 35.0. The molecule has 0 aliphatic rings. The van der Waals surface area contributed by atoms with Gasteiger partial charge in [0.15, 0.2) is 0 Å². The van der Waals surface area contributed by atoms with Crippen LogP contribution in [0.2, 0.25) is 0 Å². The molecule has 0 N–H and O–H groups in total. The highest BCUT2D eigenvalue weighted by Crippen LogP contribution is 2.34. The van der Waals surface area contributed by atoms with E-state index in [1.54, 1.807) is 57.2 Å². The molecule has 0 aromatic heterocycles. The molecule has 190 valence electrons. The molecule has 0 bridgehead atoms. The number of ether oxygens (including phenoxy) is 5. The molecule has 0 saturated carbocycles. The highest BCUT2D eigenvalue weighted by Gasteiger charge is 2.12. The summed E-state index contributed by atoms with van der Waals surface area (Å²) >= 11 is 0. The zero-order valence-corrected chi connectivity index (χ0v) is 20.7. The van der Waals surface area contributed by atoms with Gasteiger partial charge in [0.2, 0.25) is 0 Å². The molecule has 0 spiro atoms.